The van der Waals surface area contributed by atoms with Crippen LogP contribution in [0.5, 0.6) is 5.75 Å². The minimum absolute atomic E-state index is 0.0215. The number of alkyl halides is 3. The number of halogens is 4. The van der Waals surface area contributed by atoms with E-state index in [2.05, 4.69) is 10.6 Å². The number of rotatable bonds is 4. The number of carbonyl (C=O) groups is 2. The van der Waals surface area contributed by atoms with E-state index in [1.165, 1.54) is 6.42 Å². The van der Waals surface area contributed by atoms with Crippen LogP contribution in [0, 0.1) is 5.92 Å². The van der Waals surface area contributed by atoms with Gasteiger partial charge in [0.05, 0.1) is 6.04 Å². The SMILES string of the molecule is CNCCC1CCN(C(=O)NC2COc3cc(Cl)ccc3C2)CC1.O=C(O)C(F)(F)F. The first kappa shape index (κ1) is 25.1. The van der Waals surface area contributed by atoms with Gasteiger partial charge >= 0.3 is 18.2 Å². The minimum Gasteiger partial charge on any atom is -0.491 e. The lowest BCUT2D eigenvalue weighted by Crippen LogP contribution is -2.51. The number of benzene rings is 1. The molecular formula is C20H27ClF3N3O4. The number of piperidine rings is 1. The van der Waals surface area contributed by atoms with Gasteiger partial charge in [0.25, 0.3) is 0 Å². The topological polar surface area (TPSA) is 90.9 Å². The molecule has 1 atom stereocenters. The van der Waals surface area contributed by atoms with Crippen LogP contribution in [-0.2, 0) is 11.2 Å². The van der Waals surface area contributed by atoms with E-state index in [-0.39, 0.29) is 12.1 Å². The van der Waals surface area contributed by atoms with E-state index in [0.717, 1.165) is 56.1 Å². The van der Waals surface area contributed by atoms with Gasteiger partial charge in [-0.05, 0) is 62.9 Å². The van der Waals surface area contributed by atoms with Crippen molar-refractivity contribution in [2.75, 3.05) is 33.3 Å². The zero-order valence-corrected chi connectivity index (χ0v) is 17.9. The third-order valence-electron chi connectivity index (χ3n) is 5.21. The standard InChI is InChI=1S/C18H26ClN3O2.C2HF3O2/c1-20-7-4-13-5-8-22(9-6-13)18(23)21-16-10-14-2-3-15(19)11-17(14)24-12-16;3-2(4,5)1(6)7/h2-3,11,13,16,20H,4-10,12H2,1H3,(H,21,23);(H,6,7). The number of carboxylic acids is 1. The highest BCUT2D eigenvalue weighted by Crippen LogP contribution is 2.28. The summed E-state index contributed by atoms with van der Waals surface area (Å²) in [6.45, 7) is 3.25. The number of nitrogens with zero attached hydrogens (tertiary/aromatic N) is 1. The summed E-state index contributed by atoms with van der Waals surface area (Å²) in [5.41, 5.74) is 1.10. The summed E-state index contributed by atoms with van der Waals surface area (Å²) in [6.07, 6.45) is -0.909. The second kappa shape index (κ2) is 11.4. The highest BCUT2D eigenvalue weighted by Gasteiger charge is 2.38. The summed E-state index contributed by atoms with van der Waals surface area (Å²) in [7, 11) is 1.99. The van der Waals surface area contributed by atoms with Crippen LogP contribution < -0.4 is 15.4 Å². The maximum atomic E-state index is 12.5. The van der Waals surface area contributed by atoms with E-state index in [1.807, 2.05) is 30.1 Å². The van der Waals surface area contributed by atoms with E-state index >= 15 is 0 Å². The predicted molar refractivity (Wildman–Crippen MR) is 110 cm³/mol. The van der Waals surface area contributed by atoms with Crippen molar-refractivity contribution in [1.29, 1.82) is 0 Å². The molecule has 0 radical (unpaired) electrons. The van der Waals surface area contributed by atoms with Crippen molar-refractivity contribution < 1.29 is 32.6 Å². The van der Waals surface area contributed by atoms with Crippen LogP contribution in [0.4, 0.5) is 18.0 Å². The van der Waals surface area contributed by atoms with Crippen molar-refractivity contribution in [3.63, 3.8) is 0 Å². The summed E-state index contributed by atoms with van der Waals surface area (Å²) in [5, 5.41) is 14.1. The molecular weight excluding hydrogens is 439 g/mol. The van der Waals surface area contributed by atoms with Crippen molar-refractivity contribution >= 4 is 23.6 Å². The van der Waals surface area contributed by atoms with Crippen LogP contribution in [0.1, 0.15) is 24.8 Å². The largest absolute Gasteiger partial charge is 0.491 e. The predicted octanol–water partition coefficient (Wildman–Crippen LogP) is 3.31. The fourth-order valence-corrected chi connectivity index (χ4v) is 3.64. The number of hydrogen-bond donors (Lipinski definition) is 3. The van der Waals surface area contributed by atoms with Crippen LogP contribution in [0.3, 0.4) is 0 Å². The molecule has 2 aliphatic heterocycles. The number of nitrogens with one attached hydrogen (secondary N) is 2. The highest BCUT2D eigenvalue weighted by atomic mass is 35.5. The summed E-state index contributed by atoms with van der Waals surface area (Å²) < 4.78 is 37.5. The maximum Gasteiger partial charge on any atom is 0.490 e. The molecule has 0 spiro atoms. The molecule has 0 saturated carbocycles. The number of fused-ring (bicyclic) bond motifs is 1. The lowest BCUT2D eigenvalue weighted by Gasteiger charge is -2.34. The Hall–Kier alpha value is -2.20. The second-order valence-corrected chi connectivity index (χ2v) is 7.98. The number of urea groups is 1. The molecule has 1 unspecified atom stereocenters. The van der Waals surface area contributed by atoms with Crippen molar-refractivity contribution in [2.24, 2.45) is 5.92 Å². The first-order valence-corrected chi connectivity index (χ1v) is 10.4. The average Bonchev–Trinajstić information content (AvgIpc) is 2.72. The number of carboxylic acid groups (broad SMARTS) is 1. The molecule has 1 aromatic carbocycles. The highest BCUT2D eigenvalue weighted by molar-refractivity contribution is 6.30. The molecule has 1 fully saturated rings. The number of likely N-dealkylation sites (tertiary alicyclic amines) is 1. The van der Waals surface area contributed by atoms with Crippen LogP contribution in [-0.4, -0.2) is 67.5 Å². The first-order chi connectivity index (χ1) is 14.6. The van der Waals surface area contributed by atoms with Gasteiger partial charge in [0.2, 0.25) is 0 Å². The molecule has 0 aromatic heterocycles. The molecule has 3 N–H and O–H groups in total. The average molecular weight is 466 g/mol. The number of amides is 2. The third kappa shape index (κ3) is 8.10. The van der Waals surface area contributed by atoms with E-state index in [4.69, 9.17) is 26.2 Å². The Kier molecular flexibility index (Phi) is 9.24. The number of aliphatic carboxylic acids is 1. The molecule has 2 heterocycles. The molecule has 1 saturated heterocycles. The van der Waals surface area contributed by atoms with Crippen LogP contribution >= 0.6 is 11.6 Å². The quantitative estimate of drug-likeness (QED) is 0.634. The van der Waals surface area contributed by atoms with Gasteiger partial charge in [-0.1, -0.05) is 17.7 Å². The fraction of sp³-hybridized carbons (Fsp3) is 0.600. The molecule has 0 aliphatic carbocycles. The Morgan fingerprint density at radius 2 is 1.94 bits per heavy atom. The Morgan fingerprint density at radius 3 is 2.52 bits per heavy atom. The third-order valence-corrected chi connectivity index (χ3v) is 5.45. The van der Waals surface area contributed by atoms with Crippen LogP contribution in [0.25, 0.3) is 0 Å². The van der Waals surface area contributed by atoms with Crippen molar-refractivity contribution in [3.05, 3.63) is 28.8 Å². The number of ether oxygens (including phenoxy) is 1. The van der Waals surface area contributed by atoms with Gasteiger partial charge in [-0.15, -0.1) is 0 Å². The monoisotopic (exact) mass is 465 g/mol. The van der Waals surface area contributed by atoms with E-state index in [1.54, 1.807) is 0 Å². The Bertz CT molecular complexity index is 756. The van der Waals surface area contributed by atoms with E-state index in [9.17, 15) is 18.0 Å². The van der Waals surface area contributed by atoms with Gasteiger partial charge in [0.15, 0.2) is 0 Å². The Morgan fingerprint density at radius 1 is 1.29 bits per heavy atom. The first-order valence-electron chi connectivity index (χ1n) is 10.0. The van der Waals surface area contributed by atoms with Gasteiger partial charge in [-0.2, -0.15) is 13.2 Å². The lowest BCUT2D eigenvalue weighted by molar-refractivity contribution is -0.192. The van der Waals surface area contributed by atoms with Gasteiger partial charge < -0.3 is 25.4 Å². The summed E-state index contributed by atoms with van der Waals surface area (Å²) in [4.78, 5) is 23.3. The summed E-state index contributed by atoms with van der Waals surface area (Å²) in [6, 6.07) is 5.74. The number of carbonyl (C=O) groups excluding carboxylic acids is 1. The van der Waals surface area contributed by atoms with Gasteiger partial charge in [0.1, 0.15) is 12.4 Å². The number of hydrogen-bond acceptors (Lipinski definition) is 4. The van der Waals surface area contributed by atoms with Gasteiger partial charge in [-0.3, -0.25) is 0 Å². The summed E-state index contributed by atoms with van der Waals surface area (Å²) in [5.74, 6) is -1.19. The summed E-state index contributed by atoms with van der Waals surface area (Å²) >= 11 is 5.98. The zero-order valence-electron chi connectivity index (χ0n) is 17.2. The van der Waals surface area contributed by atoms with Crippen molar-refractivity contribution in [1.82, 2.24) is 15.5 Å². The van der Waals surface area contributed by atoms with Crippen LogP contribution in [0.2, 0.25) is 5.02 Å². The molecule has 31 heavy (non-hydrogen) atoms. The van der Waals surface area contributed by atoms with Crippen molar-refractivity contribution in [3.8, 4) is 5.75 Å². The minimum atomic E-state index is -5.08. The van der Waals surface area contributed by atoms with E-state index in [0.29, 0.717) is 11.6 Å². The molecule has 1 aromatic rings. The van der Waals surface area contributed by atoms with Gasteiger partial charge in [0, 0.05) is 18.1 Å². The van der Waals surface area contributed by atoms with E-state index < -0.39 is 12.1 Å². The normalized spacial score (nSPS) is 18.9. The zero-order chi connectivity index (χ0) is 23.0. The molecule has 7 nitrogen and oxygen atoms in total. The van der Waals surface area contributed by atoms with Crippen molar-refractivity contribution in [2.45, 2.75) is 37.9 Å². The second-order valence-electron chi connectivity index (χ2n) is 7.54. The van der Waals surface area contributed by atoms with Crippen LogP contribution in [0.15, 0.2) is 18.2 Å². The smallest absolute Gasteiger partial charge is 0.490 e. The van der Waals surface area contributed by atoms with Gasteiger partial charge in [-0.25, -0.2) is 9.59 Å². The lowest BCUT2D eigenvalue weighted by atomic mass is 9.94. The molecule has 174 valence electrons. The fourth-order valence-electron chi connectivity index (χ4n) is 3.48. The molecule has 0 bridgehead atoms. The molecule has 2 amide bonds. The maximum absolute atomic E-state index is 12.5. The molecule has 11 heteroatoms. The Balaban J connectivity index is 0.000000423. The molecule has 2 aliphatic rings. The molecule has 3 rings (SSSR count). The Labute approximate surface area is 183 Å².